The highest BCUT2D eigenvalue weighted by Gasteiger charge is 2.16. The molecule has 3 rings (SSSR count). The molecule has 0 saturated heterocycles. The summed E-state index contributed by atoms with van der Waals surface area (Å²) in [6.07, 6.45) is 0. The number of rotatable bonds is 6. The number of carbonyl (C=O) groups excluding carboxylic acids is 2. The van der Waals surface area contributed by atoms with Crippen molar-refractivity contribution in [3.05, 3.63) is 82.5 Å². The van der Waals surface area contributed by atoms with E-state index in [2.05, 4.69) is 5.32 Å². The zero-order chi connectivity index (χ0) is 21.0. The molecule has 0 atom stereocenters. The second kappa shape index (κ2) is 8.79. The molecule has 29 heavy (non-hydrogen) atoms. The Hall–Kier alpha value is -3.32. The zero-order valence-corrected chi connectivity index (χ0v) is 16.5. The first-order valence-electron chi connectivity index (χ1n) is 8.63. The minimum atomic E-state index is -0.519. The van der Waals surface area contributed by atoms with Gasteiger partial charge in [0.25, 0.3) is 11.8 Å². The van der Waals surface area contributed by atoms with Crippen molar-refractivity contribution in [3.63, 3.8) is 0 Å². The van der Waals surface area contributed by atoms with Crippen molar-refractivity contribution in [2.24, 2.45) is 0 Å². The molecule has 2 amide bonds. The molecular weight excluding hydrogens is 399 g/mol. The molecule has 0 aliphatic carbocycles. The van der Waals surface area contributed by atoms with Crippen molar-refractivity contribution in [2.75, 3.05) is 19.4 Å². The van der Waals surface area contributed by atoms with E-state index >= 15 is 0 Å². The normalized spacial score (nSPS) is 10.5. The fraction of sp³-hybridized carbons (Fsp3) is 0.143. The monoisotopic (exact) mass is 416 g/mol. The van der Waals surface area contributed by atoms with Gasteiger partial charge < -0.3 is 19.4 Å². The van der Waals surface area contributed by atoms with Crippen LogP contribution in [0.1, 0.15) is 26.7 Å². The Morgan fingerprint density at radius 1 is 1.10 bits per heavy atom. The summed E-state index contributed by atoms with van der Waals surface area (Å²) in [6.45, 7) is 0.0759. The molecule has 0 radical (unpaired) electrons. The molecule has 1 heterocycles. The number of carbonyl (C=O) groups is 2. The van der Waals surface area contributed by atoms with Crippen LogP contribution in [0.2, 0.25) is 5.02 Å². The molecular formula is C21H18ClFN2O4. The molecule has 0 unspecified atom stereocenters. The van der Waals surface area contributed by atoms with Crippen LogP contribution in [0.5, 0.6) is 5.75 Å². The second-order valence-corrected chi connectivity index (χ2v) is 6.76. The number of anilines is 1. The van der Waals surface area contributed by atoms with Crippen LogP contribution in [0, 0.1) is 5.82 Å². The number of amides is 2. The van der Waals surface area contributed by atoms with Gasteiger partial charge in [-0.2, -0.15) is 0 Å². The van der Waals surface area contributed by atoms with Crippen molar-refractivity contribution in [1.29, 1.82) is 0 Å². The highest BCUT2D eigenvalue weighted by atomic mass is 35.5. The standard InChI is InChI=1S/C21H18ClFN2O4/c1-25(2)21(27)13-3-9-17(22)18(11-13)24-20(26)19-10-8-16(29-19)12-28-15-6-4-14(23)5-7-15/h3-11H,12H2,1-2H3,(H,24,26). The molecule has 150 valence electrons. The summed E-state index contributed by atoms with van der Waals surface area (Å²) in [6, 6.07) is 13.3. The van der Waals surface area contributed by atoms with Gasteiger partial charge in [-0.3, -0.25) is 9.59 Å². The van der Waals surface area contributed by atoms with E-state index in [9.17, 15) is 14.0 Å². The van der Waals surface area contributed by atoms with Crippen LogP contribution < -0.4 is 10.1 Å². The van der Waals surface area contributed by atoms with E-state index in [1.807, 2.05) is 0 Å². The Morgan fingerprint density at radius 3 is 2.52 bits per heavy atom. The molecule has 2 aromatic carbocycles. The van der Waals surface area contributed by atoms with Crippen molar-refractivity contribution in [1.82, 2.24) is 4.90 Å². The molecule has 0 aliphatic heterocycles. The Labute approximate surface area is 171 Å². The van der Waals surface area contributed by atoms with Crippen LogP contribution in [0.15, 0.2) is 59.0 Å². The van der Waals surface area contributed by atoms with Crippen LogP contribution >= 0.6 is 11.6 Å². The molecule has 0 saturated carbocycles. The first-order valence-corrected chi connectivity index (χ1v) is 9.01. The topological polar surface area (TPSA) is 71.8 Å². The Morgan fingerprint density at radius 2 is 1.83 bits per heavy atom. The first kappa shape index (κ1) is 20.4. The summed E-state index contributed by atoms with van der Waals surface area (Å²) >= 11 is 6.13. The lowest BCUT2D eigenvalue weighted by molar-refractivity contribution is 0.0827. The average molecular weight is 417 g/mol. The first-order chi connectivity index (χ1) is 13.8. The van der Waals surface area contributed by atoms with Crippen molar-refractivity contribution in [2.45, 2.75) is 6.61 Å². The third-order valence-corrected chi connectivity index (χ3v) is 4.28. The molecule has 0 bridgehead atoms. The van der Waals surface area contributed by atoms with Gasteiger partial charge in [0, 0.05) is 19.7 Å². The van der Waals surface area contributed by atoms with Crippen LogP contribution in [-0.2, 0) is 6.61 Å². The summed E-state index contributed by atoms with van der Waals surface area (Å²) in [5.74, 6) is -0.137. The third-order valence-electron chi connectivity index (χ3n) is 3.95. The zero-order valence-electron chi connectivity index (χ0n) is 15.7. The lowest BCUT2D eigenvalue weighted by Gasteiger charge is -2.12. The van der Waals surface area contributed by atoms with E-state index in [0.717, 1.165) is 0 Å². The van der Waals surface area contributed by atoms with Crippen molar-refractivity contribution >= 4 is 29.1 Å². The number of benzene rings is 2. The average Bonchev–Trinajstić information content (AvgIpc) is 3.18. The van der Waals surface area contributed by atoms with Gasteiger partial charge in [0.05, 0.1) is 10.7 Å². The molecule has 8 heteroatoms. The smallest absolute Gasteiger partial charge is 0.291 e. The summed E-state index contributed by atoms with van der Waals surface area (Å²) in [5, 5.41) is 2.93. The highest BCUT2D eigenvalue weighted by molar-refractivity contribution is 6.34. The SMILES string of the molecule is CN(C)C(=O)c1ccc(Cl)c(NC(=O)c2ccc(COc3ccc(F)cc3)o2)c1. The van der Waals surface area contributed by atoms with Gasteiger partial charge in [0.15, 0.2) is 5.76 Å². The molecule has 0 fully saturated rings. The summed E-state index contributed by atoms with van der Waals surface area (Å²) < 4.78 is 23.9. The van der Waals surface area contributed by atoms with Crippen LogP contribution in [0.3, 0.4) is 0 Å². The predicted molar refractivity (Wildman–Crippen MR) is 107 cm³/mol. The largest absolute Gasteiger partial charge is 0.486 e. The molecule has 6 nitrogen and oxygen atoms in total. The summed E-state index contributed by atoms with van der Waals surface area (Å²) in [5.41, 5.74) is 0.687. The van der Waals surface area contributed by atoms with Crippen molar-refractivity contribution < 1.29 is 23.1 Å². The molecule has 0 aliphatic rings. The van der Waals surface area contributed by atoms with E-state index in [1.54, 1.807) is 26.2 Å². The van der Waals surface area contributed by atoms with E-state index in [0.29, 0.717) is 27.8 Å². The van der Waals surface area contributed by atoms with Crippen molar-refractivity contribution in [3.8, 4) is 5.75 Å². The maximum absolute atomic E-state index is 12.9. The van der Waals surface area contributed by atoms with Gasteiger partial charge in [-0.1, -0.05) is 11.6 Å². The lowest BCUT2D eigenvalue weighted by Crippen LogP contribution is -2.22. The second-order valence-electron chi connectivity index (χ2n) is 6.36. The van der Waals surface area contributed by atoms with Gasteiger partial charge in [-0.15, -0.1) is 0 Å². The Bertz CT molecular complexity index is 1030. The molecule has 3 aromatic rings. The number of nitrogens with zero attached hydrogens (tertiary/aromatic N) is 1. The van der Waals surface area contributed by atoms with E-state index in [1.165, 1.54) is 47.4 Å². The minimum Gasteiger partial charge on any atom is -0.486 e. The number of hydrogen-bond donors (Lipinski definition) is 1. The number of ether oxygens (including phenoxy) is 1. The third kappa shape index (κ3) is 5.14. The predicted octanol–water partition coefficient (Wildman–Crippen LogP) is 4.61. The number of hydrogen-bond acceptors (Lipinski definition) is 4. The minimum absolute atomic E-state index is 0.0584. The fourth-order valence-corrected chi connectivity index (χ4v) is 2.62. The molecule has 1 aromatic heterocycles. The van der Waals surface area contributed by atoms with Gasteiger partial charge in [0.2, 0.25) is 0 Å². The number of halogens is 2. The number of furan rings is 1. The lowest BCUT2D eigenvalue weighted by atomic mass is 10.1. The Balaban J connectivity index is 1.66. The fourth-order valence-electron chi connectivity index (χ4n) is 2.46. The highest BCUT2D eigenvalue weighted by Crippen LogP contribution is 2.25. The quantitative estimate of drug-likeness (QED) is 0.637. The summed E-state index contributed by atoms with van der Waals surface area (Å²) in [7, 11) is 3.27. The van der Waals surface area contributed by atoms with E-state index < -0.39 is 5.91 Å². The van der Waals surface area contributed by atoms with Crippen LogP contribution in [0.4, 0.5) is 10.1 Å². The van der Waals surface area contributed by atoms with E-state index in [-0.39, 0.29) is 24.1 Å². The maximum atomic E-state index is 12.9. The Kier molecular flexibility index (Phi) is 6.19. The number of nitrogens with one attached hydrogen (secondary N) is 1. The van der Waals surface area contributed by atoms with Gasteiger partial charge in [0.1, 0.15) is 23.9 Å². The molecule has 0 spiro atoms. The summed E-state index contributed by atoms with van der Waals surface area (Å²) in [4.78, 5) is 26.0. The maximum Gasteiger partial charge on any atom is 0.291 e. The van der Waals surface area contributed by atoms with Gasteiger partial charge in [-0.25, -0.2) is 4.39 Å². The molecule has 1 N–H and O–H groups in total. The van der Waals surface area contributed by atoms with E-state index in [4.69, 9.17) is 20.8 Å². The van der Waals surface area contributed by atoms with Crippen LogP contribution in [0.25, 0.3) is 0 Å². The van der Waals surface area contributed by atoms with Crippen LogP contribution in [-0.4, -0.2) is 30.8 Å². The van der Waals surface area contributed by atoms with Gasteiger partial charge >= 0.3 is 0 Å². The van der Waals surface area contributed by atoms with Gasteiger partial charge in [-0.05, 0) is 54.6 Å².